The molecule has 3 N–H and O–H groups in total. The van der Waals surface area contributed by atoms with Crippen LogP contribution in [0.1, 0.15) is 17.3 Å². The van der Waals surface area contributed by atoms with Gasteiger partial charge in [0.2, 0.25) is 5.56 Å². The number of hydrogen-bond donors (Lipinski definition) is 3. The number of halogens is 1. The lowest BCUT2D eigenvalue weighted by Crippen LogP contribution is -2.37. The molecular weight excluding hydrogens is 261 g/mol. The molecule has 0 spiro atoms. The van der Waals surface area contributed by atoms with Crippen molar-refractivity contribution in [1.29, 1.82) is 0 Å². The van der Waals surface area contributed by atoms with Gasteiger partial charge in [0, 0.05) is 29.6 Å². The van der Waals surface area contributed by atoms with Crippen molar-refractivity contribution in [2.24, 2.45) is 0 Å². The molecule has 106 valence electrons. The summed E-state index contributed by atoms with van der Waals surface area (Å²) >= 11 is 0. The second-order valence-corrected chi connectivity index (χ2v) is 4.64. The Balaban J connectivity index is 2.39. The summed E-state index contributed by atoms with van der Waals surface area (Å²) in [6.07, 6.45) is 0. The normalized spacial score (nSPS) is 12.3. The summed E-state index contributed by atoms with van der Waals surface area (Å²) in [7, 11) is 1.79. The van der Waals surface area contributed by atoms with E-state index in [1.54, 1.807) is 7.05 Å². The van der Waals surface area contributed by atoms with Crippen LogP contribution in [0, 0.1) is 5.82 Å². The fourth-order valence-corrected chi connectivity index (χ4v) is 1.86. The van der Waals surface area contributed by atoms with E-state index in [0.717, 1.165) is 0 Å². The van der Waals surface area contributed by atoms with E-state index in [1.807, 2.05) is 6.92 Å². The second kappa shape index (κ2) is 5.83. The predicted octanol–water partition coefficient (Wildman–Crippen LogP) is 1.00. The van der Waals surface area contributed by atoms with Gasteiger partial charge in [0.25, 0.3) is 5.91 Å². The molecule has 0 fully saturated rings. The minimum atomic E-state index is -0.456. The van der Waals surface area contributed by atoms with E-state index in [9.17, 15) is 14.0 Å². The van der Waals surface area contributed by atoms with Gasteiger partial charge >= 0.3 is 0 Å². The fraction of sp³-hybridized carbons (Fsp3) is 0.286. The van der Waals surface area contributed by atoms with Crippen molar-refractivity contribution in [2.45, 2.75) is 13.0 Å². The third-order valence-electron chi connectivity index (χ3n) is 3.11. The molecule has 0 aliphatic heterocycles. The Morgan fingerprint density at radius 1 is 1.40 bits per heavy atom. The number of carbonyl (C=O) groups is 1. The molecule has 1 unspecified atom stereocenters. The first-order valence-electron chi connectivity index (χ1n) is 6.29. The zero-order valence-electron chi connectivity index (χ0n) is 11.3. The maximum atomic E-state index is 13.3. The highest BCUT2D eigenvalue weighted by molar-refractivity contribution is 6.05. The lowest BCUT2D eigenvalue weighted by molar-refractivity contribution is 0.0952. The third-order valence-corrected chi connectivity index (χ3v) is 3.11. The molecule has 1 amide bonds. The number of benzene rings is 1. The lowest BCUT2D eigenvalue weighted by atomic mass is 10.1. The minimum absolute atomic E-state index is 0.101. The quantitative estimate of drug-likeness (QED) is 0.780. The van der Waals surface area contributed by atoms with Gasteiger partial charge in [-0.05, 0) is 32.2 Å². The van der Waals surface area contributed by atoms with Crippen LogP contribution in [-0.2, 0) is 0 Å². The Kier molecular flexibility index (Phi) is 4.14. The highest BCUT2D eigenvalue weighted by Gasteiger charge is 2.13. The number of nitrogens with one attached hydrogen (secondary N) is 3. The number of H-pyrrole nitrogens is 1. The Morgan fingerprint density at radius 3 is 2.85 bits per heavy atom. The molecule has 2 rings (SSSR count). The van der Waals surface area contributed by atoms with Crippen LogP contribution in [0.25, 0.3) is 10.9 Å². The van der Waals surface area contributed by atoms with Crippen molar-refractivity contribution in [3.8, 4) is 0 Å². The highest BCUT2D eigenvalue weighted by atomic mass is 19.1. The summed E-state index contributed by atoms with van der Waals surface area (Å²) in [6, 6.07) is 5.20. The summed E-state index contributed by atoms with van der Waals surface area (Å²) in [5.74, 6) is -0.851. The first kappa shape index (κ1) is 14.2. The number of amides is 1. The molecule has 0 saturated carbocycles. The van der Waals surface area contributed by atoms with E-state index in [4.69, 9.17) is 0 Å². The number of aromatic amines is 1. The van der Waals surface area contributed by atoms with E-state index >= 15 is 0 Å². The van der Waals surface area contributed by atoms with Crippen molar-refractivity contribution in [2.75, 3.05) is 13.6 Å². The summed E-state index contributed by atoms with van der Waals surface area (Å²) in [5.41, 5.74) is 0.216. The van der Waals surface area contributed by atoms with Crippen LogP contribution in [0.5, 0.6) is 0 Å². The second-order valence-electron chi connectivity index (χ2n) is 4.64. The Bertz CT molecular complexity index is 696. The van der Waals surface area contributed by atoms with Crippen LogP contribution in [-0.4, -0.2) is 30.5 Å². The van der Waals surface area contributed by atoms with Crippen LogP contribution in [0.4, 0.5) is 4.39 Å². The SMILES string of the molecule is CNC(C)CNC(=O)c1cc(=O)[nH]c2ccc(F)cc12. The van der Waals surface area contributed by atoms with Gasteiger partial charge in [0.15, 0.2) is 0 Å². The summed E-state index contributed by atoms with van der Waals surface area (Å²) in [5, 5.41) is 6.09. The van der Waals surface area contributed by atoms with Crippen LogP contribution >= 0.6 is 0 Å². The van der Waals surface area contributed by atoms with E-state index in [1.165, 1.54) is 24.3 Å². The zero-order chi connectivity index (χ0) is 14.7. The van der Waals surface area contributed by atoms with Crippen molar-refractivity contribution in [3.05, 3.63) is 46.0 Å². The van der Waals surface area contributed by atoms with Crippen LogP contribution in [0.2, 0.25) is 0 Å². The van der Waals surface area contributed by atoms with E-state index in [2.05, 4.69) is 15.6 Å². The van der Waals surface area contributed by atoms with Crippen LogP contribution < -0.4 is 16.2 Å². The number of rotatable bonds is 4. The molecule has 6 heteroatoms. The fourth-order valence-electron chi connectivity index (χ4n) is 1.86. The van der Waals surface area contributed by atoms with Crippen molar-refractivity contribution >= 4 is 16.8 Å². The molecule has 20 heavy (non-hydrogen) atoms. The third kappa shape index (κ3) is 3.03. The van der Waals surface area contributed by atoms with Gasteiger partial charge in [-0.25, -0.2) is 4.39 Å². The van der Waals surface area contributed by atoms with Crippen molar-refractivity contribution in [3.63, 3.8) is 0 Å². The molecule has 0 aliphatic carbocycles. The zero-order valence-corrected chi connectivity index (χ0v) is 11.3. The highest BCUT2D eigenvalue weighted by Crippen LogP contribution is 2.16. The van der Waals surface area contributed by atoms with Gasteiger partial charge < -0.3 is 15.6 Å². The molecule has 1 heterocycles. The first-order valence-corrected chi connectivity index (χ1v) is 6.29. The van der Waals surface area contributed by atoms with Crippen molar-refractivity contribution in [1.82, 2.24) is 15.6 Å². The van der Waals surface area contributed by atoms with Gasteiger partial charge in [-0.2, -0.15) is 0 Å². The summed E-state index contributed by atoms with van der Waals surface area (Å²) in [6.45, 7) is 2.33. The number of carbonyl (C=O) groups excluding carboxylic acids is 1. The lowest BCUT2D eigenvalue weighted by Gasteiger charge is -2.12. The smallest absolute Gasteiger partial charge is 0.252 e. The summed E-state index contributed by atoms with van der Waals surface area (Å²) in [4.78, 5) is 26.2. The number of aromatic nitrogens is 1. The molecule has 2 aromatic rings. The molecule has 0 bridgehead atoms. The standard InChI is InChI=1S/C14H16FN3O2/c1-8(16-2)7-17-14(20)11-6-13(19)18-12-4-3-9(15)5-10(11)12/h3-6,8,16H,7H2,1-2H3,(H,17,20)(H,18,19). The molecule has 1 aromatic heterocycles. The van der Waals surface area contributed by atoms with E-state index in [-0.39, 0.29) is 11.6 Å². The average Bonchev–Trinajstić information content (AvgIpc) is 2.43. The average molecular weight is 277 g/mol. The van der Waals surface area contributed by atoms with Gasteiger partial charge in [-0.3, -0.25) is 9.59 Å². The maximum absolute atomic E-state index is 13.3. The Morgan fingerprint density at radius 2 is 2.15 bits per heavy atom. The molecule has 0 aliphatic rings. The number of hydrogen-bond acceptors (Lipinski definition) is 3. The Labute approximate surface area is 115 Å². The predicted molar refractivity (Wildman–Crippen MR) is 75.4 cm³/mol. The van der Waals surface area contributed by atoms with Gasteiger partial charge in [0.1, 0.15) is 5.82 Å². The molecule has 5 nitrogen and oxygen atoms in total. The number of fused-ring (bicyclic) bond motifs is 1. The van der Waals surface area contributed by atoms with Gasteiger partial charge in [0.05, 0.1) is 5.56 Å². The summed E-state index contributed by atoms with van der Waals surface area (Å²) < 4.78 is 13.3. The largest absolute Gasteiger partial charge is 0.350 e. The first-order chi connectivity index (χ1) is 9.51. The molecule has 0 radical (unpaired) electrons. The molecular formula is C14H16FN3O2. The molecule has 1 atom stereocenters. The number of likely N-dealkylation sites (N-methyl/N-ethyl adjacent to an activating group) is 1. The maximum Gasteiger partial charge on any atom is 0.252 e. The van der Waals surface area contributed by atoms with Crippen molar-refractivity contribution < 1.29 is 9.18 Å². The van der Waals surface area contributed by atoms with Gasteiger partial charge in [-0.1, -0.05) is 0 Å². The van der Waals surface area contributed by atoms with E-state index < -0.39 is 17.3 Å². The minimum Gasteiger partial charge on any atom is -0.350 e. The monoisotopic (exact) mass is 277 g/mol. The van der Waals surface area contributed by atoms with Gasteiger partial charge in [-0.15, -0.1) is 0 Å². The van der Waals surface area contributed by atoms with Crippen LogP contribution in [0.3, 0.4) is 0 Å². The topological polar surface area (TPSA) is 74.0 Å². The van der Waals surface area contributed by atoms with E-state index in [0.29, 0.717) is 17.4 Å². The van der Waals surface area contributed by atoms with Crippen LogP contribution in [0.15, 0.2) is 29.1 Å². The Hall–Kier alpha value is -2.21. The number of pyridine rings is 1. The molecule has 1 aromatic carbocycles. The molecule has 0 saturated heterocycles.